The molecule has 0 aliphatic heterocycles. The molecule has 0 radical (unpaired) electrons. The van der Waals surface area contributed by atoms with Gasteiger partial charge in [0.25, 0.3) is 0 Å². The molecule has 1 aromatic carbocycles. The van der Waals surface area contributed by atoms with Crippen molar-refractivity contribution < 1.29 is 4.74 Å². The van der Waals surface area contributed by atoms with E-state index < -0.39 is 0 Å². The van der Waals surface area contributed by atoms with Gasteiger partial charge in [0.05, 0.1) is 7.11 Å². The van der Waals surface area contributed by atoms with Gasteiger partial charge in [0.1, 0.15) is 5.75 Å². The molecule has 2 N–H and O–H groups in total. The number of para-hydroxylation sites is 1. The minimum atomic E-state index is 0.0899. The maximum absolute atomic E-state index is 5.95. The van der Waals surface area contributed by atoms with Gasteiger partial charge in [-0.1, -0.05) is 25.1 Å². The van der Waals surface area contributed by atoms with E-state index in [1.165, 1.54) is 18.4 Å². The van der Waals surface area contributed by atoms with Gasteiger partial charge < -0.3 is 10.5 Å². The first-order valence-electron chi connectivity index (χ1n) is 5.56. The average molecular weight is 205 g/mol. The smallest absolute Gasteiger partial charge is 0.122 e. The summed E-state index contributed by atoms with van der Waals surface area (Å²) < 4.78 is 5.42. The van der Waals surface area contributed by atoms with Gasteiger partial charge in [-0.05, 0) is 24.8 Å². The van der Waals surface area contributed by atoms with Crippen LogP contribution in [0.1, 0.15) is 25.3 Å². The number of ether oxygens (including phenoxy) is 1. The van der Waals surface area contributed by atoms with Crippen molar-refractivity contribution in [2.45, 2.75) is 25.2 Å². The van der Waals surface area contributed by atoms with Gasteiger partial charge in [-0.25, -0.2) is 0 Å². The Balaban J connectivity index is 2.41. The molecule has 2 rings (SSSR count). The zero-order chi connectivity index (χ0) is 10.9. The molecular weight excluding hydrogens is 186 g/mol. The Morgan fingerprint density at radius 3 is 2.60 bits per heavy atom. The first-order valence-corrected chi connectivity index (χ1v) is 5.56. The highest BCUT2D eigenvalue weighted by Crippen LogP contribution is 2.48. The Bertz CT molecular complexity index is 346. The number of rotatable bonds is 4. The van der Waals surface area contributed by atoms with Crippen molar-refractivity contribution in [2.75, 3.05) is 13.7 Å². The molecule has 1 aliphatic rings. The fourth-order valence-corrected chi connectivity index (χ4v) is 2.33. The van der Waals surface area contributed by atoms with Crippen LogP contribution >= 0.6 is 0 Å². The molecule has 1 atom stereocenters. The third kappa shape index (κ3) is 1.74. The van der Waals surface area contributed by atoms with E-state index in [2.05, 4.69) is 19.1 Å². The molecular formula is C13H19NO. The largest absolute Gasteiger partial charge is 0.496 e. The fraction of sp³-hybridized carbons (Fsp3) is 0.538. The van der Waals surface area contributed by atoms with E-state index in [4.69, 9.17) is 10.5 Å². The van der Waals surface area contributed by atoms with E-state index in [-0.39, 0.29) is 5.41 Å². The van der Waals surface area contributed by atoms with Gasteiger partial charge in [-0.2, -0.15) is 0 Å². The summed E-state index contributed by atoms with van der Waals surface area (Å²) in [6.45, 7) is 2.94. The summed E-state index contributed by atoms with van der Waals surface area (Å²) in [6.07, 6.45) is 2.59. The monoisotopic (exact) mass is 205 g/mol. The summed E-state index contributed by atoms with van der Waals surface area (Å²) in [5, 5.41) is 0. The summed E-state index contributed by atoms with van der Waals surface area (Å²) in [4.78, 5) is 0. The minimum Gasteiger partial charge on any atom is -0.496 e. The van der Waals surface area contributed by atoms with Crippen molar-refractivity contribution in [1.82, 2.24) is 0 Å². The van der Waals surface area contributed by atoms with Gasteiger partial charge in [0.2, 0.25) is 0 Å². The SMILES string of the molecule is COc1ccccc1C(C)(CN)C1CC1. The van der Waals surface area contributed by atoms with Crippen LogP contribution < -0.4 is 10.5 Å². The highest BCUT2D eigenvalue weighted by atomic mass is 16.5. The van der Waals surface area contributed by atoms with Crippen molar-refractivity contribution in [3.8, 4) is 5.75 Å². The first kappa shape index (κ1) is 10.5. The van der Waals surface area contributed by atoms with Crippen molar-refractivity contribution in [2.24, 2.45) is 11.7 Å². The van der Waals surface area contributed by atoms with E-state index in [1.807, 2.05) is 12.1 Å². The van der Waals surface area contributed by atoms with E-state index in [9.17, 15) is 0 Å². The van der Waals surface area contributed by atoms with Gasteiger partial charge in [0.15, 0.2) is 0 Å². The van der Waals surface area contributed by atoms with Crippen LogP contribution in [-0.2, 0) is 5.41 Å². The molecule has 1 unspecified atom stereocenters. The summed E-state index contributed by atoms with van der Waals surface area (Å²) in [5.41, 5.74) is 7.30. The van der Waals surface area contributed by atoms with Crippen LogP contribution in [-0.4, -0.2) is 13.7 Å². The number of benzene rings is 1. The van der Waals surface area contributed by atoms with Crippen LogP contribution in [0.25, 0.3) is 0 Å². The highest BCUT2D eigenvalue weighted by molar-refractivity contribution is 5.41. The maximum atomic E-state index is 5.95. The van der Waals surface area contributed by atoms with Crippen LogP contribution in [0.3, 0.4) is 0 Å². The molecule has 0 spiro atoms. The lowest BCUT2D eigenvalue weighted by molar-refractivity contribution is 0.366. The Morgan fingerprint density at radius 1 is 1.40 bits per heavy atom. The Kier molecular flexibility index (Phi) is 2.70. The number of methoxy groups -OCH3 is 1. The molecule has 15 heavy (non-hydrogen) atoms. The molecule has 82 valence electrons. The highest BCUT2D eigenvalue weighted by Gasteiger charge is 2.43. The second kappa shape index (κ2) is 3.86. The third-order valence-corrected chi connectivity index (χ3v) is 3.62. The molecule has 2 heteroatoms. The first-order chi connectivity index (χ1) is 7.22. The fourth-order valence-electron chi connectivity index (χ4n) is 2.33. The Labute approximate surface area is 91.4 Å². The zero-order valence-electron chi connectivity index (χ0n) is 9.49. The second-order valence-corrected chi connectivity index (χ2v) is 4.60. The number of hydrogen-bond donors (Lipinski definition) is 1. The Hall–Kier alpha value is -1.02. The van der Waals surface area contributed by atoms with Gasteiger partial charge >= 0.3 is 0 Å². The van der Waals surface area contributed by atoms with Crippen molar-refractivity contribution in [1.29, 1.82) is 0 Å². The molecule has 0 aromatic heterocycles. The topological polar surface area (TPSA) is 35.2 Å². The van der Waals surface area contributed by atoms with Crippen molar-refractivity contribution >= 4 is 0 Å². The van der Waals surface area contributed by atoms with Crippen LogP contribution in [0, 0.1) is 5.92 Å². The summed E-state index contributed by atoms with van der Waals surface area (Å²) in [7, 11) is 1.72. The van der Waals surface area contributed by atoms with Crippen molar-refractivity contribution in [3.63, 3.8) is 0 Å². The summed E-state index contributed by atoms with van der Waals surface area (Å²) in [6, 6.07) is 8.23. The number of hydrogen-bond acceptors (Lipinski definition) is 2. The van der Waals surface area contributed by atoms with Crippen LogP contribution in [0.2, 0.25) is 0 Å². The molecule has 1 aliphatic carbocycles. The Morgan fingerprint density at radius 2 is 2.07 bits per heavy atom. The molecule has 1 saturated carbocycles. The molecule has 0 bridgehead atoms. The van der Waals surface area contributed by atoms with E-state index in [1.54, 1.807) is 7.11 Å². The van der Waals surface area contributed by atoms with Gasteiger partial charge in [0, 0.05) is 17.5 Å². The van der Waals surface area contributed by atoms with E-state index in [0.29, 0.717) is 6.54 Å². The molecule has 2 nitrogen and oxygen atoms in total. The molecule has 1 fully saturated rings. The average Bonchev–Trinajstić information content (AvgIpc) is 3.12. The van der Waals surface area contributed by atoms with Crippen molar-refractivity contribution in [3.05, 3.63) is 29.8 Å². The van der Waals surface area contributed by atoms with E-state index >= 15 is 0 Å². The maximum Gasteiger partial charge on any atom is 0.122 e. The summed E-state index contributed by atoms with van der Waals surface area (Å²) in [5.74, 6) is 1.70. The van der Waals surface area contributed by atoms with Gasteiger partial charge in [-0.15, -0.1) is 0 Å². The molecule has 0 saturated heterocycles. The lowest BCUT2D eigenvalue weighted by Gasteiger charge is -2.30. The van der Waals surface area contributed by atoms with Crippen LogP contribution in [0.15, 0.2) is 24.3 Å². The predicted octanol–water partition coefficient (Wildman–Crippen LogP) is 2.32. The van der Waals surface area contributed by atoms with Crippen LogP contribution in [0.4, 0.5) is 0 Å². The van der Waals surface area contributed by atoms with E-state index in [0.717, 1.165) is 11.7 Å². The van der Waals surface area contributed by atoms with Gasteiger partial charge in [-0.3, -0.25) is 0 Å². The number of nitrogens with two attached hydrogens (primary N) is 1. The predicted molar refractivity (Wildman–Crippen MR) is 62.1 cm³/mol. The lowest BCUT2D eigenvalue weighted by atomic mass is 9.77. The molecule has 0 heterocycles. The lowest BCUT2D eigenvalue weighted by Crippen LogP contribution is -2.34. The normalized spacial score (nSPS) is 19.7. The minimum absolute atomic E-state index is 0.0899. The quantitative estimate of drug-likeness (QED) is 0.818. The standard InChI is InChI=1S/C13H19NO/c1-13(9-14,10-7-8-10)11-5-3-4-6-12(11)15-2/h3-6,10H,7-9,14H2,1-2H3. The van der Waals surface area contributed by atoms with Crippen LogP contribution in [0.5, 0.6) is 5.75 Å². The summed E-state index contributed by atoms with van der Waals surface area (Å²) >= 11 is 0. The zero-order valence-corrected chi connectivity index (χ0v) is 9.49. The third-order valence-electron chi connectivity index (χ3n) is 3.62. The second-order valence-electron chi connectivity index (χ2n) is 4.60. The molecule has 0 amide bonds. The molecule has 1 aromatic rings.